The normalized spacial score (nSPS) is 19.5. The zero-order chi connectivity index (χ0) is 29.0. The summed E-state index contributed by atoms with van der Waals surface area (Å²) in [5.74, 6) is -0.620. The van der Waals surface area contributed by atoms with Gasteiger partial charge in [-0.1, -0.05) is 29.8 Å². The van der Waals surface area contributed by atoms with Crippen LogP contribution in [0.15, 0.2) is 24.3 Å². The van der Waals surface area contributed by atoms with Gasteiger partial charge in [-0.25, -0.2) is 8.78 Å². The quantitative estimate of drug-likeness (QED) is 0.281. The Labute approximate surface area is 244 Å². The van der Waals surface area contributed by atoms with Crippen LogP contribution in [0.5, 0.6) is 11.8 Å². The molecule has 6 rings (SSSR count). The highest BCUT2D eigenvalue weighted by Crippen LogP contribution is 2.51. The van der Waals surface area contributed by atoms with Crippen molar-refractivity contribution in [2.75, 3.05) is 44.4 Å². The molecule has 0 amide bonds. The largest absolute Gasteiger partial charge is 0.489 e. The Hall–Kier alpha value is -3.72. The van der Waals surface area contributed by atoms with E-state index in [-0.39, 0.29) is 72.8 Å². The van der Waals surface area contributed by atoms with E-state index in [0.717, 1.165) is 17.8 Å². The molecule has 4 aromatic rings. The van der Waals surface area contributed by atoms with Crippen molar-refractivity contribution in [2.45, 2.75) is 31.9 Å². The fraction of sp³-hybridized carbons (Fsp3) is 0.345. The monoisotopic (exact) mass is 596 g/mol. The van der Waals surface area contributed by atoms with E-state index in [1.807, 2.05) is 32.0 Å². The summed E-state index contributed by atoms with van der Waals surface area (Å²) in [5, 5.41) is 10.5. The number of ether oxygens (including phenoxy) is 2. The maximum Gasteiger partial charge on any atom is 0.319 e. The summed E-state index contributed by atoms with van der Waals surface area (Å²) >= 11 is 7.88. The van der Waals surface area contributed by atoms with E-state index in [2.05, 4.69) is 22.0 Å². The molecule has 2 aliphatic heterocycles. The fourth-order valence-electron chi connectivity index (χ4n) is 5.50. The smallest absolute Gasteiger partial charge is 0.319 e. The van der Waals surface area contributed by atoms with Crippen molar-refractivity contribution in [3.05, 3.63) is 46.5 Å². The Morgan fingerprint density at radius 3 is 2.80 bits per heavy atom. The molecule has 0 spiro atoms. The van der Waals surface area contributed by atoms with Crippen molar-refractivity contribution >= 4 is 54.7 Å². The molecule has 0 radical (unpaired) electrons. The number of nitrogens with two attached hydrogens (primary N) is 1. The average Bonchev–Trinajstić information content (AvgIpc) is 3.19. The summed E-state index contributed by atoms with van der Waals surface area (Å²) in [4.78, 5) is 13.4. The van der Waals surface area contributed by atoms with Crippen LogP contribution in [0.3, 0.4) is 0 Å². The second kappa shape index (κ2) is 10.6. The van der Waals surface area contributed by atoms with Gasteiger partial charge in [0.15, 0.2) is 11.6 Å². The van der Waals surface area contributed by atoms with Crippen molar-refractivity contribution in [2.24, 2.45) is 0 Å². The number of anilines is 2. The zero-order valence-corrected chi connectivity index (χ0v) is 24.2. The summed E-state index contributed by atoms with van der Waals surface area (Å²) in [7, 11) is 3.90. The topological polar surface area (TPSA) is 101 Å². The molecule has 8 nitrogen and oxygen atoms in total. The summed E-state index contributed by atoms with van der Waals surface area (Å²) in [5.41, 5.74) is 6.25. The van der Waals surface area contributed by atoms with Crippen molar-refractivity contribution < 1.29 is 18.3 Å². The van der Waals surface area contributed by atoms with E-state index >= 15 is 4.39 Å². The first-order chi connectivity index (χ1) is 19.7. The number of likely N-dealkylation sites (N-methyl/N-ethyl adjacent to an activating group) is 1. The third kappa shape index (κ3) is 4.60. The van der Waals surface area contributed by atoms with Gasteiger partial charge in [-0.15, -0.1) is 11.3 Å². The lowest BCUT2D eigenvalue weighted by atomic mass is 9.96. The Bertz CT molecular complexity index is 1770. The first kappa shape index (κ1) is 27.4. The second-order valence-electron chi connectivity index (χ2n) is 10.5. The van der Waals surface area contributed by atoms with E-state index in [4.69, 9.17) is 31.8 Å². The number of nitrogen functional groups attached to an aromatic ring is 1. The van der Waals surface area contributed by atoms with Gasteiger partial charge >= 0.3 is 6.01 Å². The molecule has 0 saturated carbocycles. The van der Waals surface area contributed by atoms with Gasteiger partial charge in [0.25, 0.3) is 0 Å². The maximum atomic E-state index is 16.8. The van der Waals surface area contributed by atoms with Crippen LogP contribution in [0.25, 0.3) is 32.1 Å². The van der Waals surface area contributed by atoms with Gasteiger partial charge in [0.2, 0.25) is 0 Å². The van der Waals surface area contributed by atoms with Gasteiger partial charge in [-0.05, 0) is 39.1 Å². The molecule has 2 aromatic carbocycles. The SMILES string of the molecule is C[C@H]1COc2c(Cl)c(-c3ccc(F)c4sc(N)c(C#N)c34)c(F)c3nc4nc(c23)N1CC/C=C\CC(CN(C)C)O4. The summed E-state index contributed by atoms with van der Waals surface area (Å²) in [6, 6.07) is 4.56. The average molecular weight is 597 g/mol. The number of hydrogen-bond donors (Lipinski definition) is 1. The van der Waals surface area contributed by atoms with E-state index in [1.165, 1.54) is 12.1 Å². The first-order valence-corrected chi connectivity index (χ1v) is 14.4. The number of benzene rings is 2. The van der Waals surface area contributed by atoms with E-state index in [0.29, 0.717) is 30.7 Å². The van der Waals surface area contributed by atoms with Crippen molar-refractivity contribution in [1.29, 1.82) is 5.26 Å². The second-order valence-corrected chi connectivity index (χ2v) is 11.9. The van der Waals surface area contributed by atoms with Crippen molar-refractivity contribution in [3.63, 3.8) is 0 Å². The predicted octanol–water partition coefficient (Wildman–Crippen LogP) is 6.14. The van der Waals surface area contributed by atoms with Crippen LogP contribution in [-0.2, 0) is 0 Å². The predicted molar refractivity (Wildman–Crippen MR) is 158 cm³/mol. The van der Waals surface area contributed by atoms with Crippen LogP contribution in [0.2, 0.25) is 5.02 Å². The van der Waals surface area contributed by atoms with Crippen LogP contribution in [0.4, 0.5) is 19.6 Å². The molecule has 2 bridgehead atoms. The molecule has 0 fully saturated rings. The molecule has 212 valence electrons. The fourth-order valence-corrected chi connectivity index (χ4v) is 6.78. The lowest BCUT2D eigenvalue weighted by Crippen LogP contribution is -2.37. The lowest BCUT2D eigenvalue weighted by molar-refractivity contribution is 0.150. The zero-order valence-electron chi connectivity index (χ0n) is 22.7. The minimum atomic E-state index is -0.751. The summed E-state index contributed by atoms with van der Waals surface area (Å²) in [6.45, 7) is 3.48. The van der Waals surface area contributed by atoms with E-state index < -0.39 is 11.6 Å². The minimum absolute atomic E-state index is 0.0150. The van der Waals surface area contributed by atoms with Crippen LogP contribution >= 0.6 is 22.9 Å². The molecule has 2 aromatic heterocycles. The maximum absolute atomic E-state index is 16.8. The number of nitriles is 1. The van der Waals surface area contributed by atoms with Gasteiger partial charge in [0, 0.05) is 30.5 Å². The first-order valence-electron chi connectivity index (χ1n) is 13.2. The van der Waals surface area contributed by atoms with Gasteiger partial charge in [0.1, 0.15) is 40.9 Å². The molecule has 4 heterocycles. The number of thiophene rings is 1. The molecule has 0 aliphatic carbocycles. The molecule has 0 saturated heterocycles. The summed E-state index contributed by atoms with van der Waals surface area (Å²) < 4.78 is 44.3. The molecule has 12 heteroatoms. The van der Waals surface area contributed by atoms with Gasteiger partial charge in [0.05, 0.1) is 26.7 Å². The number of aromatic nitrogens is 2. The highest BCUT2D eigenvalue weighted by Gasteiger charge is 2.34. The molecule has 41 heavy (non-hydrogen) atoms. The molecule has 1 unspecified atom stereocenters. The Kier molecular flexibility index (Phi) is 7.09. The number of nitrogens with zero attached hydrogens (tertiary/aromatic N) is 5. The highest BCUT2D eigenvalue weighted by molar-refractivity contribution is 7.23. The summed E-state index contributed by atoms with van der Waals surface area (Å²) in [6.07, 6.45) is 5.31. The highest BCUT2D eigenvalue weighted by atomic mass is 35.5. The lowest BCUT2D eigenvalue weighted by Gasteiger charge is -2.28. The van der Waals surface area contributed by atoms with Crippen molar-refractivity contribution in [1.82, 2.24) is 14.9 Å². The molecule has 2 atom stereocenters. The third-order valence-corrected chi connectivity index (χ3v) is 8.75. The molecular formula is C29H27ClF2N6O2S. The van der Waals surface area contributed by atoms with Crippen molar-refractivity contribution in [3.8, 4) is 29.0 Å². The standard InChI is InChI=1S/C29H27ClF2N6O2S/c1-14-13-39-25-21-24(35-29-36-28(21)38(14)10-6-4-5-7-15(40-29)12-37(2)3)23(32)20(22(25)30)16-8-9-18(31)26-19(16)17(11-33)27(34)41-26/h4-5,8-9,14-15H,6-7,10,12-13,34H2,1-3H3/b5-4-/t14-,15?/m0/s1. The number of hydrogen-bond acceptors (Lipinski definition) is 9. The molecule has 2 aliphatic rings. The van der Waals surface area contributed by atoms with Crippen LogP contribution in [0, 0.1) is 23.0 Å². The van der Waals surface area contributed by atoms with Crippen LogP contribution in [0.1, 0.15) is 25.3 Å². The van der Waals surface area contributed by atoms with E-state index in [9.17, 15) is 9.65 Å². The Balaban J connectivity index is 1.68. The third-order valence-electron chi connectivity index (χ3n) is 7.36. The Morgan fingerprint density at radius 2 is 2.05 bits per heavy atom. The van der Waals surface area contributed by atoms with Gasteiger partial charge in [-0.3, -0.25) is 0 Å². The van der Waals surface area contributed by atoms with Crippen LogP contribution in [-0.4, -0.2) is 60.8 Å². The van der Waals surface area contributed by atoms with E-state index in [1.54, 1.807) is 0 Å². The molecular weight excluding hydrogens is 570 g/mol. The number of rotatable bonds is 3. The van der Waals surface area contributed by atoms with Gasteiger partial charge < -0.3 is 25.0 Å². The van der Waals surface area contributed by atoms with Gasteiger partial charge in [-0.2, -0.15) is 15.2 Å². The molecule has 2 N–H and O–H groups in total. The number of halogens is 3. The minimum Gasteiger partial charge on any atom is -0.489 e. The Morgan fingerprint density at radius 1 is 1.24 bits per heavy atom. The van der Waals surface area contributed by atoms with Crippen LogP contribution < -0.4 is 20.1 Å². The number of fused-ring (bicyclic) bond motifs is 2.